The Kier molecular flexibility index (Phi) is 4.77. The van der Waals surface area contributed by atoms with Gasteiger partial charge in [-0.05, 0) is 24.1 Å². The molecule has 4 rings (SSSR count). The van der Waals surface area contributed by atoms with Crippen LogP contribution in [-0.2, 0) is 16.1 Å². The smallest absolute Gasteiger partial charge is 0.225 e. The van der Waals surface area contributed by atoms with Crippen molar-refractivity contribution in [1.82, 2.24) is 14.9 Å². The molecule has 1 fully saturated rings. The number of rotatable bonds is 4. The van der Waals surface area contributed by atoms with E-state index in [0.29, 0.717) is 16.9 Å². The predicted octanol–water partition coefficient (Wildman–Crippen LogP) is 2.33. The highest BCUT2D eigenvalue weighted by Gasteiger charge is 2.24. The quantitative estimate of drug-likeness (QED) is 0.867. The maximum absolute atomic E-state index is 11.8. The summed E-state index contributed by atoms with van der Waals surface area (Å²) in [6.45, 7) is 6.56. The molecule has 0 saturated carbocycles. The van der Waals surface area contributed by atoms with Gasteiger partial charge in [0.1, 0.15) is 5.75 Å². The highest BCUT2D eigenvalue weighted by atomic mass is 32.2. The molecule has 144 valence electrons. The number of nitrogens with zero attached hydrogens (tertiary/aromatic N) is 4. The van der Waals surface area contributed by atoms with E-state index in [2.05, 4.69) is 44.9 Å². The van der Waals surface area contributed by atoms with E-state index in [4.69, 9.17) is 9.52 Å². The van der Waals surface area contributed by atoms with Crippen molar-refractivity contribution in [3.63, 3.8) is 0 Å². The largest absolute Gasteiger partial charge is 0.493 e. The monoisotopic (exact) mass is 387 g/mol. The number of anilines is 1. The molecule has 27 heavy (non-hydrogen) atoms. The zero-order valence-electron chi connectivity index (χ0n) is 15.7. The summed E-state index contributed by atoms with van der Waals surface area (Å²) in [5, 5.41) is 0. The van der Waals surface area contributed by atoms with Crippen LogP contribution >= 0.6 is 0 Å². The molecule has 7 nitrogen and oxygen atoms in total. The Labute approximate surface area is 160 Å². The first-order valence-electron chi connectivity index (χ1n) is 9.22. The molecule has 1 aromatic heterocycles. The minimum absolute atomic E-state index is 0.332. The number of piperazine rings is 1. The zero-order chi connectivity index (χ0) is 19.0. The topological polar surface area (TPSA) is 82.4 Å². The molecule has 0 spiro atoms. The Morgan fingerprint density at radius 1 is 1.19 bits per heavy atom. The lowest BCUT2D eigenvalue weighted by molar-refractivity contribution is 0.197. The first kappa shape index (κ1) is 18.2. The highest BCUT2D eigenvalue weighted by Crippen LogP contribution is 2.31. The van der Waals surface area contributed by atoms with Crippen molar-refractivity contribution >= 4 is 15.7 Å². The Hall–Kier alpha value is -2.19. The van der Waals surface area contributed by atoms with Crippen molar-refractivity contribution in [1.29, 1.82) is 4.78 Å². The number of nitrogens with one attached hydrogen (secondary N) is 1. The second-order valence-electron chi connectivity index (χ2n) is 7.23. The van der Waals surface area contributed by atoms with Gasteiger partial charge in [-0.1, -0.05) is 12.1 Å². The van der Waals surface area contributed by atoms with Crippen LogP contribution in [0.1, 0.15) is 24.1 Å². The fraction of sp³-hybridized carbons (Fsp3) is 0.474. The lowest BCUT2D eigenvalue weighted by atomic mass is 10.0. The normalized spacial score (nSPS) is 20.6. The lowest BCUT2D eigenvalue weighted by Gasteiger charge is -2.38. The fourth-order valence-corrected chi connectivity index (χ4v) is 4.14. The molecule has 1 aromatic carbocycles. The Bertz CT molecular complexity index is 922. The molecule has 0 unspecified atom stereocenters. The van der Waals surface area contributed by atoms with Gasteiger partial charge in [0.05, 0.1) is 21.2 Å². The number of benzene rings is 1. The van der Waals surface area contributed by atoms with Crippen molar-refractivity contribution in [3.05, 3.63) is 41.7 Å². The second kappa shape index (κ2) is 7.09. The molecule has 0 bridgehead atoms. The van der Waals surface area contributed by atoms with Gasteiger partial charge in [-0.3, -0.25) is 4.90 Å². The fourth-order valence-electron chi connectivity index (χ4n) is 3.64. The number of aromatic nitrogens is 2. The van der Waals surface area contributed by atoms with E-state index in [9.17, 15) is 4.21 Å². The van der Waals surface area contributed by atoms with E-state index < -0.39 is 9.73 Å². The number of hydrogen-bond donors (Lipinski definition) is 1. The predicted molar refractivity (Wildman–Crippen MR) is 105 cm³/mol. The lowest BCUT2D eigenvalue weighted by Crippen LogP contribution is -2.47. The molecule has 1 saturated heterocycles. The van der Waals surface area contributed by atoms with E-state index in [0.717, 1.165) is 45.0 Å². The summed E-state index contributed by atoms with van der Waals surface area (Å²) in [4.78, 5) is 13.6. The van der Waals surface area contributed by atoms with Gasteiger partial charge in [0.15, 0.2) is 0 Å². The number of hydrogen-bond acceptors (Lipinski definition) is 7. The average Bonchev–Trinajstić information content (AvgIpc) is 3.15. The summed E-state index contributed by atoms with van der Waals surface area (Å²) in [5.41, 5.74) is 2.60. The van der Waals surface area contributed by atoms with Crippen LogP contribution in [0.25, 0.3) is 0 Å². The maximum Gasteiger partial charge on any atom is 0.225 e. The van der Waals surface area contributed by atoms with Crippen LogP contribution in [0.5, 0.6) is 5.75 Å². The summed E-state index contributed by atoms with van der Waals surface area (Å²) in [6, 6.07) is 6.93. The zero-order valence-corrected chi connectivity index (χ0v) is 16.5. The third-order valence-corrected chi connectivity index (χ3v) is 6.52. The number of ether oxygens (including phenoxy) is 1. The van der Waals surface area contributed by atoms with Gasteiger partial charge in [0.2, 0.25) is 5.95 Å². The van der Waals surface area contributed by atoms with Gasteiger partial charge < -0.3 is 9.64 Å². The van der Waals surface area contributed by atoms with Crippen LogP contribution in [0, 0.1) is 4.78 Å². The van der Waals surface area contributed by atoms with E-state index in [1.807, 2.05) is 0 Å². The molecule has 0 radical (unpaired) electrons. The van der Waals surface area contributed by atoms with Crippen molar-refractivity contribution in [2.75, 3.05) is 43.9 Å². The van der Waals surface area contributed by atoms with Crippen molar-refractivity contribution in [3.8, 4) is 5.75 Å². The van der Waals surface area contributed by atoms with Gasteiger partial charge in [0, 0.05) is 57.3 Å². The minimum Gasteiger partial charge on any atom is -0.493 e. The van der Waals surface area contributed by atoms with E-state index >= 15 is 0 Å². The Morgan fingerprint density at radius 2 is 1.89 bits per heavy atom. The van der Waals surface area contributed by atoms with Gasteiger partial charge in [-0.2, -0.15) is 0 Å². The molecular formula is C19H25N5O2S. The van der Waals surface area contributed by atoms with Crippen molar-refractivity contribution in [2.24, 2.45) is 0 Å². The Morgan fingerprint density at radius 3 is 2.56 bits per heavy atom. The maximum atomic E-state index is 11.8. The summed E-state index contributed by atoms with van der Waals surface area (Å²) < 4.78 is 25.1. The molecule has 0 aliphatic carbocycles. The SMILES string of the molecule is C[C@H](c1ccc2c(c1)OCC2)N1CCN(c2ncc([S@@](C)(=N)=O)cn2)CC1. The standard InChI is InChI=1S/C19H25N5O2S/c1-14(16-4-3-15-5-10-26-18(15)11-16)23-6-8-24(9-7-23)19-21-12-17(13-22-19)27(2,20)25/h3-4,11-14,20H,5-10H2,1-2H3/t14-,27+/m1/s1. The second-order valence-corrected chi connectivity index (χ2v) is 9.39. The molecule has 8 heteroatoms. The van der Waals surface area contributed by atoms with Gasteiger partial charge >= 0.3 is 0 Å². The molecule has 3 heterocycles. The van der Waals surface area contributed by atoms with Crippen molar-refractivity contribution < 1.29 is 8.95 Å². The van der Waals surface area contributed by atoms with Crippen molar-refractivity contribution in [2.45, 2.75) is 24.3 Å². The van der Waals surface area contributed by atoms with Gasteiger partial charge in [-0.25, -0.2) is 19.0 Å². The van der Waals surface area contributed by atoms with Crippen LogP contribution in [0.4, 0.5) is 5.95 Å². The minimum atomic E-state index is -2.77. The van der Waals surface area contributed by atoms with Crippen LogP contribution in [-0.4, -0.2) is 58.1 Å². The summed E-state index contributed by atoms with van der Waals surface area (Å²) >= 11 is 0. The van der Waals surface area contributed by atoms with Gasteiger partial charge in [0.25, 0.3) is 0 Å². The van der Waals surface area contributed by atoms with Crippen LogP contribution < -0.4 is 9.64 Å². The summed E-state index contributed by atoms with van der Waals surface area (Å²) in [6.07, 6.45) is 5.42. The highest BCUT2D eigenvalue weighted by molar-refractivity contribution is 7.91. The van der Waals surface area contributed by atoms with E-state index in [1.165, 1.54) is 29.8 Å². The van der Waals surface area contributed by atoms with Gasteiger partial charge in [-0.15, -0.1) is 0 Å². The van der Waals surface area contributed by atoms with Crippen LogP contribution in [0.15, 0.2) is 35.5 Å². The molecule has 2 atom stereocenters. The molecular weight excluding hydrogens is 362 g/mol. The average molecular weight is 388 g/mol. The van der Waals surface area contributed by atoms with E-state index in [-0.39, 0.29) is 0 Å². The van der Waals surface area contributed by atoms with Crippen LogP contribution in [0.3, 0.4) is 0 Å². The summed E-state index contributed by atoms with van der Waals surface area (Å²) in [7, 11) is -2.77. The molecule has 2 aliphatic rings. The molecule has 2 aromatic rings. The molecule has 1 N–H and O–H groups in total. The summed E-state index contributed by atoms with van der Waals surface area (Å²) in [5.74, 6) is 1.68. The third-order valence-electron chi connectivity index (χ3n) is 5.41. The third kappa shape index (κ3) is 3.77. The molecule has 2 aliphatic heterocycles. The van der Waals surface area contributed by atoms with E-state index in [1.54, 1.807) is 0 Å². The van der Waals surface area contributed by atoms with Crippen LogP contribution in [0.2, 0.25) is 0 Å². The first-order valence-corrected chi connectivity index (χ1v) is 11.2. The number of fused-ring (bicyclic) bond motifs is 1. The first-order chi connectivity index (χ1) is 12.9. The molecule has 0 amide bonds. The Balaban J connectivity index is 1.40.